The van der Waals surface area contributed by atoms with Gasteiger partial charge in [-0.05, 0) is 39.0 Å². The highest BCUT2D eigenvalue weighted by atomic mass is 16.5. The average Bonchev–Trinajstić information content (AvgIpc) is 3.14. The first-order chi connectivity index (χ1) is 11.0. The van der Waals surface area contributed by atoms with Crippen LogP contribution in [0.1, 0.15) is 40.7 Å². The third-order valence-electron chi connectivity index (χ3n) is 3.44. The monoisotopic (exact) mass is 311 g/mol. The van der Waals surface area contributed by atoms with E-state index in [1.54, 1.807) is 30.7 Å². The molecule has 0 bridgehead atoms. The number of esters is 1. The average molecular weight is 311 g/mol. The highest BCUT2D eigenvalue weighted by Crippen LogP contribution is 2.19. The van der Waals surface area contributed by atoms with Crippen LogP contribution >= 0.6 is 0 Å². The first kappa shape index (κ1) is 15.0. The van der Waals surface area contributed by atoms with Gasteiger partial charge in [0.1, 0.15) is 17.6 Å². The van der Waals surface area contributed by atoms with Gasteiger partial charge in [-0.15, -0.1) is 0 Å². The Morgan fingerprint density at radius 3 is 2.61 bits per heavy atom. The standard InChI is InChI=1S/C17H17N3O3/c1-11-9-16(18-20(11)14-7-5-4-6-8-14)17(21)22-13(3)15-10-12(2)23-19-15/h4-10,13H,1-3H3/t13-/m1/s1. The van der Waals surface area contributed by atoms with Gasteiger partial charge >= 0.3 is 5.97 Å². The minimum Gasteiger partial charge on any atom is -0.451 e. The molecular weight excluding hydrogens is 294 g/mol. The molecule has 0 spiro atoms. The van der Waals surface area contributed by atoms with E-state index in [9.17, 15) is 4.79 Å². The number of carbonyl (C=O) groups excluding carboxylic acids is 1. The minimum absolute atomic E-state index is 0.262. The maximum absolute atomic E-state index is 12.3. The van der Waals surface area contributed by atoms with Gasteiger partial charge in [0.25, 0.3) is 0 Å². The summed E-state index contributed by atoms with van der Waals surface area (Å²) in [6.45, 7) is 5.42. The Bertz CT molecular complexity index is 821. The fourth-order valence-electron chi connectivity index (χ4n) is 2.26. The van der Waals surface area contributed by atoms with Gasteiger partial charge < -0.3 is 9.26 Å². The number of carbonyl (C=O) groups is 1. The zero-order chi connectivity index (χ0) is 16.4. The van der Waals surface area contributed by atoms with Crippen LogP contribution in [0.5, 0.6) is 0 Å². The topological polar surface area (TPSA) is 70.2 Å². The second kappa shape index (κ2) is 6.08. The number of hydrogen-bond donors (Lipinski definition) is 0. The molecule has 0 fully saturated rings. The lowest BCUT2D eigenvalue weighted by Gasteiger charge is -2.08. The molecule has 6 nitrogen and oxygen atoms in total. The third-order valence-corrected chi connectivity index (χ3v) is 3.44. The number of benzene rings is 1. The molecule has 2 heterocycles. The Balaban J connectivity index is 1.78. The van der Waals surface area contributed by atoms with Gasteiger partial charge in [-0.25, -0.2) is 9.48 Å². The van der Waals surface area contributed by atoms with E-state index >= 15 is 0 Å². The summed E-state index contributed by atoms with van der Waals surface area (Å²) in [5.41, 5.74) is 2.59. The van der Waals surface area contributed by atoms with E-state index in [2.05, 4.69) is 10.3 Å². The SMILES string of the molecule is Cc1cc([C@@H](C)OC(=O)c2cc(C)n(-c3ccccc3)n2)no1. The van der Waals surface area contributed by atoms with Gasteiger partial charge in [0.15, 0.2) is 5.69 Å². The van der Waals surface area contributed by atoms with E-state index in [4.69, 9.17) is 9.26 Å². The number of rotatable bonds is 4. The van der Waals surface area contributed by atoms with Crippen LogP contribution < -0.4 is 0 Å². The van der Waals surface area contributed by atoms with Crippen molar-refractivity contribution >= 4 is 5.97 Å². The molecule has 0 radical (unpaired) electrons. The van der Waals surface area contributed by atoms with Crippen molar-refractivity contribution < 1.29 is 14.1 Å². The van der Waals surface area contributed by atoms with Crippen LogP contribution in [0.15, 0.2) is 47.0 Å². The zero-order valence-electron chi connectivity index (χ0n) is 13.2. The largest absolute Gasteiger partial charge is 0.451 e. The molecule has 0 aliphatic heterocycles. The Hall–Kier alpha value is -2.89. The van der Waals surface area contributed by atoms with Crippen LogP contribution in [0.25, 0.3) is 5.69 Å². The fourth-order valence-corrected chi connectivity index (χ4v) is 2.26. The van der Waals surface area contributed by atoms with Crippen molar-refractivity contribution in [3.05, 3.63) is 65.3 Å². The van der Waals surface area contributed by atoms with Gasteiger partial charge in [0.05, 0.1) is 5.69 Å². The molecule has 0 aliphatic rings. The van der Waals surface area contributed by atoms with Crippen molar-refractivity contribution in [2.45, 2.75) is 26.9 Å². The number of nitrogens with zero attached hydrogens (tertiary/aromatic N) is 3. The van der Waals surface area contributed by atoms with Crippen molar-refractivity contribution in [1.29, 1.82) is 0 Å². The number of aromatic nitrogens is 3. The van der Waals surface area contributed by atoms with Gasteiger partial charge in [0, 0.05) is 11.8 Å². The molecule has 6 heteroatoms. The lowest BCUT2D eigenvalue weighted by atomic mass is 10.2. The highest BCUT2D eigenvalue weighted by molar-refractivity contribution is 5.87. The molecule has 118 valence electrons. The van der Waals surface area contributed by atoms with E-state index in [0.717, 1.165) is 11.4 Å². The van der Waals surface area contributed by atoms with E-state index in [1.807, 2.05) is 37.3 Å². The smallest absolute Gasteiger partial charge is 0.359 e. The van der Waals surface area contributed by atoms with Crippen molar-refractivity contribution in [3.63, 3.8) is 0 Å². The minimum atomic E-state index is -0.498. The fraction of sp³-hybridized carbons (Fsp3) is 0.235. The molecule has 3 rings (SSSR count). The predicted molar refractivity (Wildman–Crippen MR) is 83.4 cm³/mol. The summed E-state index contributed by atoms with van der Waals surface area (Å²) in [5.74, 6) is 0.183. The van der Waals surface area contributed by atoms with Crippen molar-refractivity contribution in [3.8, 4) is 5.69 Å². The summed E-state index contributed by atoms with van der Waals surface area (Å²) >= 11 is 0. The third kappa shape index (κ3) is 3.15. The van der Waals surface area contributed by atoms with Crippen molar-refractivity contribution in [2.75, 3.05) is 0 Å². The summed E-state index contributed by atoms with van der Waals surface area (Å²) < 4.78 is 12.1. The van der Waals surface area contributed by atoms with Crippen LogP contribution in [-0.2, 0) is 4.74 Å². The van der Waals surface area contributed by atoms with Gasteiger partial charge in [-0.2, -0.15) is 5.10 Å². The van der Waals surface area contributed by atoms with E-state index < -0.39 is 12.1 Å². The quantitative estimate of drug-likeness (QED) is 0.691. The van der Waals surface area contributed by atoms with Crippen molar-refractivity contribution in [2.24, 2.45) is 0 Å². The molecule has 1 atom stereocenters. The highest BCUT2D eigenvalue weighted by Gasteiger charge is 2.20. The van der Waals surface area contributed by atoms with Gasteiger partial charge in [-0.1, -0.05) is 23.4 Å². The van der Waals surface area contributed by atoms with Crippen LogP contribution in [-0.4, -0.2) is 20.9 Å². The first-order valence-corrected chi connectivity index (χ1v) is 7.31. The molecule has 3 aromatic rings. The summed E-state index contributed by atoms with van der Waals surface area (Å²) in [7, 11) is 0. The van der Waals surface area contributed by atoms with Crippen molar-refractivity contribution in [1.82, 2.24) is 14.9 Å². The van der Waals surface area contributed by atoms with Crippen LogP contribution in [0, 0.1) is 13.8 Å². The maximum atomic E-state index is 12.3. The molecule has 1 aromatic carbocycles. The van der Waals surface area contributed by atoms with Gasteiger partial charge in [-0.3, -0.25) is 0 Å². The van der Waals surface area contributed by atoms with Crippen LogP contribution in [0.2, 0.25) is 0 Å². The molecule has 0 aliphatic carbocycles. The number of hydrogen-bond acceptors (Lipinski definition) is 5. The maximum Gasteiger partial charge on any atom is 0.359 e. The van der Waals surface area contributed by atoms with E-state index in [-0.39, 0.29) is 5.69 Å². The molecule has 0 amide bonds. The second-order valence-corrected chi connectivity index (χ2v) is 5.33. The molecular formula is C17H17N3O3. The Morgan fingerprint density at radius 2 is 1.96 bits per heavy atom. The lowest BCUT2D eigenvalue weighted by molar-refractivity contribution is 0.0316. The van der Waals surface area contributed by atoms with E-state index in [0.29, 0.717) is 11.5 Å². The zero-order valence-corrected chi connectivity index (χ0v) is 13.2. The molecule has 2 aromatic heterocycles. The molecule has 0 unspecified atom stereocenters. The first-order valence-electron chi connectivity index (χ1n) is 7.31. The summed E-state index contributed by atoms with van der Waals surface area (Å²) in [5, 5.41) is 8.19. The normalized spacial score (nSPS) is 12.1. The Kier molecular flexibility index (Phi) is 3.97. The van der Waals surface area contributed by atoms with Gasteiger partial charge in [0.2, 0.25) is 0 Å². The summed E-state index contributed by atoms with van der Waals surface area (Å²) in [6, 6.07) is 13.1. The Morgan fingerprint density at radius 1 is 1.22 bits per heavy atom. The molecule has 0 saturated heterocycles. The Labute approximate surface area is 133 Å². The summed E-state index contributed by atoms with van der Waals surface area (Å²) in [6.07, 6.45) is -0.498. The number of aryl methyl sites for hydroxylation is 2. The number of para-hydroxylation sites is 1. The lowest BCUT2D eigenvalue weighted by Crippen LogP contribution is -2.10. The summed E-state index contributed by atoms with van der Waals surface area (Å²) in [4.78, 5) is 12.3. The number of ether oxygens (including phenoxy) is 1. The van der Waals surface area contributed by atoms with Crippen LogP contribution in [0.3, 0.4) is 0 Å². The van der Waals surface area contributed by atoms with E-state index in [1.165, 1.54) is 0 Å². The molecule has 0 N–H and O–H groups in total. The molecule has 0 saturated carbocycles. The molecule has 23 heavy (non-hydrogen) atoms. The van der Waals surface area contributed by atoms with Crippen LogP contribution in [0.4, 0.5) is 0 Å². The second-order valence-electron chi connectivity index (χ2n) is 5.33. The predicted octanol–water partition coefficient (Wildman–Crippen LogP) is 3.40.